The smallest absolute Gasteiger partial charge is 0.143 e. The molecule has 41 heavy (non-hydrogen) atoms. The summed E-state index contributed by atoms with van der Waals surface area (Å²) in [4.78, 5) is 0. The van der Waals surface area contributed by atoms with E-state index in [9.17, 15) is 0 Å². The van der Waals surface area contributed by atoms with Gasteiger partial charge in [0.2, 0.25) is 0 Å². The predicted octanol–water partition coefficient (Wildman–Crippen LogP) is 10.7. The van der Waals surface area contributed by atoms with Gasteiger partial charge in [-0.25, -0.2) is 0 Å². The average molecular weight is 526 g/mol. The molecule has 0 aliphatic heterocycles. The van der Waals surface area contributed by atoms with E-state index in [4.69, 9.17) is 4.42 Å². The van der Waals surface area contributed by atoms with E-state index in [1.54, 1.807) is 0 Å². The van der Waals surface area contributed by atoms with Gasteiger partial charge in [-0.05, 0) is 52.6 Å². The van der Waals surface area contributed by atoms with Gasteiger partial charge in [-0.15, -0.1) is 0 Å². The Morgan fingerprint density at radius 2 is 1.20 bits per heavy atom. The summed E-state index contributed by atoms with van der Waals surface area (Å²) in [6.07, 6.45) is 0. The average Bonchev–Trinajstić information content (AvgIpc) is 3.63. The zero-order valence-corrected chi connectivity index (χ0v) is 23.0. The fourth-order valence-corrected chi connectivity index (χ4v) is 7.29. The minimum Gasteiger partial charge on any atom is -0.455 e. The molecule has 2 aromatic heterocycles. The highest BCUT2D eigenvalue weighted by Crippen LogP contribution is 2.51. The lowest BCUT2D eigenvalue weighted by molar-refractivity contribution is 0.648. The van der Waals surface area contributed by atoms with Crippen molar-refractivity contribution in [2.24, 2.45) is 0 Å². The van der Waals surface area contributed by atoms with Crippen molar-refractivity contribution in [2.75, 3.05) is 0 Å². The second-order valence-corrected chi connectivity index (χ2v) is 11.7. The summed E-state index contributed by atoms with van der Waals surface area (Å²) in [5.41, 5.74) is 13.0. The number of hydrogen-bond donors (Lipinski definition) is 0. The SMILES string of the molecule is CC1(C)c2ccccc2-c2cc3c(cc21)oc1c(-c2cccc4c5ccccc5n(-c5ccccc5)c24)cccc13. The highest BCUT2D eigenvalue weighted by atomic mass is 16.3. The lowest BCUT2D eigenvalue weighted by Gasteiger charge is -2.21. The molecule has 0 bridgehead atoms. The topological polar surface area (TPSA) is 18.1 Å². The summed E-state index contributed by atoms with van der Waals surface area (Å²) in [5.74, 6) is 0. The molecule has 194 valence electrons. The molecular formula is C39H27NO. The van der Waals surface area contributed by atoms with Crippen LogP contribution in [0.15, 0.2) is 132 Å². The first-order valence-corrected chi connectivity index (χ1v) is 14.3. The number of hydrogen-bond acceptors (Lipinski definition) is 1. The zero-order valence-electron chi connectivity index (χ0n) is 23.0. The summed E-state index contributed by atoms with van der Waals surface area (Å²) in [6, 6.07) is 46.1. The van der Waals surface area contributed by atoms with Crippen molar-refractivity contribution in [1.82, 2.24) is 4.57 Å². The van der Waals surface area contributed by atoms with Gasteiger partial charge in [0.15, 0.2) is 0 Å². The quantitative estimate of drug-likeness (QED) is 0.219. The zero-order chi connectivity index (χ0) is 27.3. The van der Waals surface area contributed by atoms with Crippen molar-refractivity contribution in [3.63, 3.8) is 0 Å². The number of fused-ring (bicyclic) bond motifs is 9. The molecule has 2 nitrogen and oxygen atoms in total. The number of aromatic nitrogens is 1. The second kappa shape index (κ2) is 7.99. The van der Waals surface area contributed by atoms with Crippen molar-refractivity contribution >= 4 is 43.7 Å². The molecule has 0 unspecified atom stereocenters. The normalized spacial score (nSPS) is 13.8. The molecule has 0 radical (unpaired) electrons. The molecule has 2 heteroatoms. The molecule has 0 amide bonds. The Morgan fingerprint density at radius 3 is 2.07 bits per heavy atom. The van der Waals surface area contributed by atoms with Crippen molar-refractivity contribution in [3.05, 3.63) is 139 Å². The van der Waals surface area contributed by atoms with Gasteiger partial charge in [0.25, 0.3) is 0 Å². The lowest BCUT2D eigenvalue weighted by atomic mass is 9.82. The molecule has 0 saturated heterocycles. The van der Waals surface area contributed by atoms with Crippen LogP contribution in [0.2, 0.25) is 0 Å². The Kier molecular flexibility index (Phi) is 4.42. The van der Waals surface area contributed by atoms with Crippen LogP contribution in [0.4, 0.5) is 0 Å². The van der Waals surface area contributed by atoms with E-state index in [1.807, 2.05) is 0 Å². The number of furan rings is 1. The predicted molar refractivity (Wildman–Crippen MR) is 171 cm³/mol. The first-order valence-electron chi connectivity index (χ1n) is 14.3. The summed E-state index contributed by atoms with van der Waals surface area (Å²) in [5, 5.41) is 4.82. The van der Waals surface area contributed by atoms with Crippen LogP contribution in [0.25, 0.3) is 71.7 Å². The summed E-state index contributed by atoms with van der Waals surface area (Å²) in [7, 11) is 0. The fourth-order valence-electron chi connectivity index (χ4n) is 7.29. The standard InChI is InChI=1S/C39H27NO/c1-39(2)33-20-8-6-14-25(33)31-22-32-30-19-11-18-29(38(30)41-36(32)23-34(31)39)28-17-10-16-27-26-15-7-9-21-35(26)40(37(27)28)24-12-4-3-5-13-24/h3-23H,1-2H3. The van der Waals surface area contributed by atoms with Crippen molar-refractivity contribution in [3.8, 4) is 27.9 Å². The van der Waals surface area contributed by atoms with Crippen LogP contribution in [0, 0.1) is 0 Å². The minimum absolute atomic E-state index is 0.0653. The Bertz CT molecular complexity index is 2330. The Morgan fingerprint density at radius 1 is 0.512 bits per heavy atom. The molecule has 1 aliphatic carbocycles. The first-order chi connectivity index (χ1) is 20.1. The summed E-state index contributed by atoms with van der Waals surface area (Å²) < 4.78 is 9.21. The Balaban J connectivity index is 1.37. The van der Waals surface area contributed by atoms with Crippen LogP contribution >= 0.6 is 0 Å². The maximum absolute atomic E-state index is 6.81. The van der Waals surface area contributed by atoms with Gasteiger partial charge in [0, 0.05) is 43.8 Å². The van der Waals surface area contributed by atoms with E-state index in [2.05, 4.69) is 146 Å². The van der Waals surface area contributed by atoms with Gasteiger partial charge in [-0.3, -0.25) is 0 Å². The largest absolute Gasteiger partial charge is 0.455 e. The molecule has 8 aromatic rings. The molecule has 0 N–H and O–H groups in total. The third kappa shape index (κ3) is 2.97. The van der Waals surface area contributed by atoms with Gasteiger partial charge in [0.05, 0.1) is 11.0 Å². The highest BCUT2D eigenvalue weighted by molar-refractivity contribution is 6.17. The van der Waals surface area contributed by atoms with Crippen LogP contribution in [-0.2, 0) is 5.41 Å². The maximum Gasteiger partial charge on any atom is 0.143 e. The van der Waals surface area contributed by atoms with Crippen LogP contribution in [0.1, 0.15) is 25.0 Å². The van der Waals surface area contributed by atoms with Gasteiger partial charge >= 0.3 is 0 Å². The van der Waals surface area contributed by atoms with E-state index < -0.39 is 0 Å². The summed E-state index contributed by atoms with van der Waals surface area (Å²) in [6.45, 7) is 4.64. The van der Waals surface area contributed by atoms with E-state index in [0.717, 1.165) is 27.8 Å². The molecule has 9 rings (SSSR count). The van der Waals surface area contributed by atoms with Crippen molar-refractivity contribution in [1.29, 1.82) is 0 Å². The monoisotopic (exact) mass is 525 g/mol. The molecule has 2 heterocycles. The van der Waals surface area contributed by atoms with Crippen LogP contribution in [-0.4, -0.2) is 4.57 Å². The van der Waals surface area contributed by atoms with Crippen molar-refractivity contribution in [2.45, 2.75) is 19.3 Å². The maximum atomic E-state index is 6.81. The van der Waals surface area contributed by atoms with Gasteiger partial charge in [-0.2, -0.15) is 0 Å². The van der Waals surface area contributed by atoms with E-state index in [-0.39, 0.29) is 5.41 Å². The van der Waals surface area contributed by atoms with Crippen LogP contribution < -0.4 is 0 Å². The third-order valence-electron chi connectivity index (χ3n) is 9.20. The van der Waals surface area contributed by atoms with Crippen LogP contribution in [0.5, 0.6) is 0 Å². The molecule has 0 saturated carbocycles. The molecule has 6 aromatic carbocycles. The molecule has 0 fully saturated rings. The number of benzene rings is 6. The van der Waals surface area contributed by atoms with Gasteiger partial charge in [-0.1, -0.05) is 111 Å². The van der Waals surface area contributed by atoms with E-state index >= 15 is 0 Å². The molecular weight excluding hydrogens is 498 g/mol. The number of rotatable bonds is 2. The van der Waals surface area contributed by atoms with E-state index in [0.29, 0.717) is 0 Å². The highest BCUT2D eigenvalue weighted by Gasteiger charge is 2.36. The Labute approximate surface area is 238 Å². The Hall–Kier alpha value is -5.08. The van der Waals surface area contributed by atoms with E-state index in [1.165, 1.54) is 55.0 Å². The molecule has 0 spiro atoms. The number of para-hydroxylation sites is 4. The fraction of sp³-hybridized carbons (Fsp3) is 0.0769. The minimum atomic E-state index is -0.0653. The van der Waals surface area contributed by atoms with Crippen molar-refractivity contribution < 1.29 is 4.42 Å². The first kappa shape index (κ1) is 22.7. The lowest BCUT2D eigenvalue weighted by Crippen LogP contribution is -2.14. The molecule has 1 aliphatic rings. The van der Waals surface area contributed by atoms with Gasteiger partial charge < -0.3 is 8.98 Å². The number of nitrogens with zero attached hydrogens (tertiary/aromatic N) is 1. The van der Waals surface area contributed by atoms with Crippen LogP contribution in [0.3, 0.4) is 0 Å². The second-order valence-electron chi connectivity index (χ2n) is 11.7. The summed E-state index contributed by atoms with van der Waals surface area (Å²) >= 11 is 0. The van der Waals surface area contributed by atoms with Gasteiger partial charge in [0.1, 0.15) is 11.2 Å². The molecule has 0 atom stereocenters. The third-order valence-corrected chi connectivity index (χ3v) is 9.20.